The van der Waals surface area contributed by atoms with Crippen molar-refractivity contribution in [2.24, 2.45) is 5.92 Å². The van der Waals surface area contributed by atoms with Gasteiger partial charge < -0.3 is 10.1 Å². The van der Waals surface area contributed by atoms with Crippen molar-refractivity contribution in [1.82, 2.24) is 5.32 Å². The van der Waals surface area contributed by atoms with Crippen LogP contribution in [-0.2, 0) is 4.74 Å². The maximum absolute atomic E-state index is 5.84. The molecular formula is C9H17NO. The van der Waals surface area contributed by atoms with Crippen LogP contribution in [0.1, 0.15) is 25.7 Å². The molecule has 2 heteroatoms. The van der Waals surface area contributed by atoms with Gasteiger partial charge in [-0.1, -0.05) is 0 Å². The molecular weight excluding hydrogens is 138 g/mol. The summed E-state index contributed by atoms with van der Waals surface area (Å²) in [4.78, 5) is 0. The van der Waals surface area contributed by atoms with Gasteiger partial charge in [0.05, 0.1) is 5.60 Å². The monoisotopic (exact) mass is 155 g/mol. The van der Waals surface area contributed by atoms with Crippen molar-refractivity contribution in [3.8, 4) is 0 Å². The fraction of sp³-hybridized carbons (Fsp3) is 1.00. The molecule has 0 amide bonds. The second-order valence-electron chi connectivity index (χ2n) is 3.82. The summed E-state index contributed by atoms with van der Waals surface area (Å²) in [6.45, 7) is 2.04. The second-order valence-corrected chi connectivity index (χ2v) is 3.82. The van der Waals surface area contributed by atoms with E-state index < -0.39 is 0 Å². The van der Waals surface area contributed by atoms with E-state index in [1.54, 1.807) is 0 Å². The highest BCUT2D eigenvalue weighted by Gasteiger charge is 2.47. The average Bonchev–Trinajstić information content (AvgIpc) is 2.76. The molecule has 0 radical (unpaired) electrons. The minimum Gasteiger partial charge on any atom is -0.373 e. The van der Waals surface area contributed by atoms with E-state index in [2.05, 4.69) is 5.32 Å². The van der Waals surface area contributed by atoms with Gasteiger partial charge in [0.25, 0.3) is 0 Å². The van der Waals surface area contributed by atoms with Crippen molar-refractivity contribution in [2.75, 3.05) is 20.2 Å². The van der Waals surface area contributed by atoms with Gasteiger partial charge in [-0.05, 0) is 38.6 Å². The van der Waals surface area contributed by atoms with Crippen molar-refractivity contribution < 1.29 is 4.74 Å². The van der Waals surface area contributed by atoms with Crippen LogP contribution in [0.15, 0.2) is 0 Å². The van der Waals surface area contributed by atoms with Gasteiger partial charge in [0, 0.05) is 13.2 Å². The Morgan fingerprint density at radius 2 is 2.36 bits per heavy atom. The first-order valence-electron chi connectivity index (χ1n) is 4.66. The summed E-state index contributed by atoms with van der Waals surface area (Å²) < 4.78 is 5.84. The summed E-state index contributed by atoms with van der Waals surface area (Å²) in [5, 5.41) is 3.25. The van der Waals surface area contributed by atoms with Crippen molar-refractivity contribution in [2.45, 2.75) is 31.3 Å². The molecule has 1 atom stereocenters. The second kappa shape index (κ2) is 2.76. The fourth-order valence-electron chi connectivity index (χ4n) is 2.23. The number of rotatable bonds is 3. The highest BCUT2D eigenvalue weighted by Crippen LogP contribution is 2.46. The molecule has 11 heavy (non-hydrogen) atoms. The fourth-order valence-corrected chi connectivity index (χ4v) is 2.23. The highest BCUT2D eigenvalue weighted by molar-refractivity contribution is 4.99. The van der Waals surface area contributed by atoms with E-state index in [1.165, 1.54) is 25.7 Å². The first-order chi connectivity index (χ1) is 5.37. The van der Waals surface area contributed by atoms with E-state index in [4.69, 9.17) is 4.74 Å². The van der Waals surface area contributed by atoms with Gasteiger partial charge in [0.1, 0.15) is 0 Å². The van der Waals surface area contributed by atoms with Crippen molar-refractivity contribution in [3.05, 3.63) is 0 Å². The Bertz CT molecular complexity index is 136. The zero-order valence-electron chi connectivity index (χ0n) is 7.23. The standard InChI is InChI=1S/C9H17NO/c1-10-7-9(8-3-4-8)5-2-6-11-9/h8,10H,2-7H2,1H3. The zero-order valence-corrected chi connectivity index (χ0v) is 7.23. The molecule has 2 rings (SSSR count). The predicted octanol–water partition coefficient (Wildman–Crippen LogP) is 1.16. The molecule has 1 saturated heterocycles. The van der Waals surface area contributed by atoms with Crippen LogP contribution in [0.4, 0.5) is 0 Å². The summed E-state index contributed by atoms with van der Waals surface area (Å²) >= 11 is 0. The van der Waals surface area contributed by atoms with E-state index in [9.17, 15) is 0 Å². The topological polar surface area (TPSA) is 21.3 Å². The molecule has 0 aromatic rings. The number of likely N-dealkylation sites (N-methyl/N-ethyl adjacent to an activating group) is 1. The molecule has 1 N–H and O–H groups in total. The third-order valence-corrected chi connectivity index (χ3v) is 2.93. The SMILES string of the molecule is CNCC1(C2CC2)CCCO1. The number of ether oxygens (including phenoxy) is 1. The lowest BCUT2D eigenvalue weighted by molar-refractivity contribution is -0.0120. The molecule has 64 valence electrons. The van der Waals surface area contributed by atoms with Crippen LogP contribution >= 0.6 is 0 Å². The van der Waals surface area contributed by atoms with Crippen molar-refractivity contribution in [3.63, 3.8) is 0 Å². The normalized spacial score (nSPS) is 37.9. The van der Waals surface area contributed by atoms with Gasteiger partial charge in [0.2, 0.25) is 0 Å². The molecule has 2 nitrogen and oxygen atoms in total. The Hall–Kier alpha value is -0.0800. The van der Waals surface area contributed by atoms with Gasteiger partial charge in [-0.3, -0.25) is 0 Å². The first-order valence-corrected chi connectivity index (χ1v) is 4.66. The van der Waals surface area contributed by atoms with Crippen LogP contribution in [-0.4, -0.2) is 25.8 Å². The smallest absolute Gasteiger partial charge is 0.0834 e. The molecule has 1 saturated carbocycles. The molecule has 0 spiro atoms. The molecule has 0 bridgehead atoms. The number of nitrogens with one attached hydrogen (secondary N) is 1. The maximum Gasteiger partial charge on any atom is 0.0834 e. The molecule has 1 heterocycles. The van der Waals surface area contributed by atoms with Gasteiger partial charge in [-0.15, -0.1) is 0 Å². The Balaban J connectivity index is 1.99. The molecule has 0 aromatic heterocycles. The van der Waals surface area contributed by atoms with Crippen LogP contribution in [0, 0.1) is 5.92 Å². The Kier molecular flexibility index (Phi) is 1.90. The quantitative estimate of drug-likeness (QED) is 0.660. The largest absolute Gasteiger partial charge is 0.373 e. The minimum absolute atomic E-state index is 0.245. The summed E-state index contributed by atoms with van der Waals surface area (Å²) in [6.07, 6.45) is 5.32. The summed E-state index contributed by atoms with van der Waals surface area (Å²) in [5.41, 5.74) is 0.245. The van der Waals surface area contributed by atoms with Gasteiger partial charge in [0.15, 0.2) is 0 Å². The van der Waals surface area contributed by atoms with E-state index in [-0.39, 0.29) is 5.60 Å². The van der Waals surface area contributed by atoms with Crippen LogP contribution in [0.5, 0.6) is 0 Å². The molecule has 1 unspecified atom stereocenters. The Labute approximate surface area is 68.3 Å². The van der Waals surface area contributed by atoms with E-state index in [0.717, 1.165) is 19.1 Å². The van der Waals surface area contributed by atoms with Crippen LogP contribution in [0.25, 0.3) is 0 Å². The average molecular weight is 155 g/mol. The number of hydrogen-bond donors (Lipinski definition) is 1. The lowest BCUT2D eigenvalue weighted by Gasteiger charge is -2.27. The lowest BCUT2D eigenvalue weighted by Crippen LogP contribution is -2.40. The van der Waals surface area contributed by atoms with E-state index >= 15 is 0 Å². The van der Waals surface area contributed by atoms with Crippen molar-refractivity contribution in [1.29, 1.82) is 0 Å². The molecule has 2 fully saturated rings. The third-order valence-electron chi connectivity index (χ3n) is 2.93. The predicted molar refractivity (Wildman–Crippen MR) is 44.6 cm³/mol. The first kappa shape index (κ1) is 7.56. The van der Waals surface area contributed by atoms with Crippen LogP contribution < -0.4 is 5.32 Å². The highest BCUT2D eigenvalue weighted by atomic mass is 16.5. The minimum atomic E-state index is 0.245. The molecule has 0 aromatic carbocycles. The van der Waals surface area contributed by atoms with Crippen LogP contribution in [0.3, 0.4) is 0 Å². The molecule has 2 aliphatic rings. The Morgan fingerprint density at radius 3 is 2.82 bits per heavy atom. The van der Waals surface area contributed by atoms with Gasteiger partial charge in [-0.2, -0.15) is 0 Å². The summed E-state index contributed by atoms with van der Waals surface area (Å²) in [5.74, 6) is 0.873. The lowest BCUT2D eigenvalue weighted by atomic mass is 9.94. The third kappa shape index (κ3) is 1.30. The number of hydrogen-bond acceptors (Lipinski definition) is 2. The van der Waals surface area contributed by atoms with E-state index in [1.807, 2.05) is 7.05 Å². The summed E-state index contributed by atoms with van der Waals surface area (Å²) in [7, 11) is 2.02. The zero-order chi connectivity index (χ0) is 7.73. The molecule has 1 aliphatic heterocycles. The molecule has 1 aliphatic carbocycles. The maximum atomic E-state index is 5.84. The Morgan fingerprint density at radius 1 is 1.55 bits per heavy atom. The van der Waals surface area contributed by atoms with Gasteiger partial charge >= 0.3 is 0 Å². The summed E-state index contributed by atoms with van der Waals surface area (Å²) in [6, 6.07) is 0. The van der Waals surface area contributed by atoms with E-state index in [0.29, 0.717) is 0 Å². The van der Waals surface area contributed by atoms with Crippen LogP contribution in [0.2, 0.25) is 0 Å². The van der Waals surface area contributed by atoms with Gasteiger partial charge in [-0.25, -0.2) is 0 Å². The van der Waals surface area contributed by atoms with Crippen molar-refractivity contribution >= 4 is 0 Å².